The monoisotopic (exact) mass is 270 g/mol. The summed E-state index contributed by atoms with van der Waals surface area (Å²) >= 11 is 0. The van der Waals surface area contributed by atoms with Crippen LogP contribution < -0.4 is 4.90 Å². The highest BCUT2D eigenvalue weighted by Crippen LogP contribution is 2.31. The molecule has 1 heterocycles. The first-order chi connectivity index (χ1) is 9.49. The van der Waals surface area contributed by atoms with Crippen LogP contribution in [0.5, 0.6) is 0 Å². The summed E-state index contributed by atoms with van der Waals surface area (Å²) in [7, 11) is 0. The van der Waals surface area contributed by atoms with Crippen molar-refractivity contribution in [3.63, 3.8) is 0 Å². The average Bonchev–Trinajstić information content (AvgIpc) is 2.43. The number of hydrogen-bond donors (Lipinski definition) is 1. The lowest BCUT2D eigenvalue weighted by Gasteiger charge is -2.36. The second-order valence-corrected chi connectivity index (χ2v) is 5.88. The van der Waals surface area contributed by atoms with Crippen molar-refractivity contribution in [2.24, 2.45) is 0 Å². The number of benzene rings is 1. The molecule has 0 amide bonds. The first kappa shape index (κ1) is 14.5. The number of anilines is 1. The molecule has 1 aromatic carbocycles. The Kier molecular flexibility index (Phi) is 4.09. The highest BCUT2D eigenvalue weighted by molar-refractivity contribution is 5.94. The van der Waals surface area contributed by atoms with Crippen LogP contribution in [0.25, 0.3) is 10.8 Å². The van der Waals surface area contributed by atoms with Crippen LogP contribution in [0.2, 0.25) is 0 Å². The van der Waals surface area contributed by atoms with Crippen molar-refractivity contribution >= 4 is 16.6 Å². The van der Waals surface area contributed by atoms with Gasteiger partial charge >= 0.3 is 0 Å². The number of aliphatic hydroxyl groups excluding tert-OH is 1. The van der Waals surface area contributed by atoms with Gasteiger partial charge in [0.25, 0.3) is 0 Å². The summed E-state index contributed by atoms with van der Waals surface area (Å²) in [5.41, 5.74) is 0.807. The molecule has 0 spiro atoms. The Bertz CT molecular complexity index is 614. The number of aliphatic hydroxyl groups is 1. The molecule has 0 fully saturated rings. The summed E-state index contributed by atoms with van der Waals surface area (Å²) in [5.74, 6) is 0.935. The molecule has 0 unspecified atom stereocenters. The lowest BCUT2D eigenvalue weighted by Crippen LogP contribution is -2.42. The summed E-state index contributed by atoms with van der Waals surface area (Å²) in [6.45, 7) is 11.1. The van der Waals surface area contributed by atoms with Crippen LogP contribution >= 0.6 is 0 Å². The average molecular weight is 270 g/mol. The maximum atomic E-state index is 9.46. The summed E-state index contributed by atoms with van der Waals surface area (Å²) in [6, 6.07) is 8.07. The van der Waals surface area contributed by atoms with E-state index in [0.29, 0.717) is 0 Å². The van der Waals surface area contributed by atoms with Crippen LogP contribution in [0.15, 0.2) is 43.1 Å². The Morgan fingerprint density at radius 3 is 2.45 bits per heavy atom. The minimum atomic E-state index is -0.0509. The fourth-order valence-electron chi connectivity index (χ4n) is 2.38. The third kappa shape index (κ3) is 2.68. The zero-order chi connectivity index (χ0) is 14.8. The van der Waals surface area contributed by atoms with Crippen molar-refractivity contribution in [2.75, 3.05) is 11.4 Å². The molecule has 2 aromatic rings. The lowest BCUT2D eigenvalue weighted by atomic mass is 10.0. The summed E-state index contributed by atoms with van der Waals surface area (Å²) in [6.07, 6.45) is 3.65. The normalized spacial score (nSPS) is 11.6. The number of hydrogen-bond acceptors (Lipinski definition) is 3. The third-order valence-electron chi connectivity index (χ3n) is 3.40. The Labute approximate surface area is 120 Å². The van der Waals surface area contributed by atoms with Crippen molar-refractivity contribution in [1.82, 2.24) is 4.98 Å². The molecule has 0 bridgehead atoms. The van der Waals surface area contributed by atoms with E-state index < -0.39 is 0 Å². The van der Waals surface area contributed by atoms with Crippen molar-refractivity contribution in [3.05, 3.63) is 48.7 Å². The molecule has 2 rings (SSSR count). The smallest absolute Gasteiger partial charge is 0.137 e. The highest BCUT2D eigenvalue weighted by Gasteiger charge is 2.23. The van der Waals surface area contributed by atoms with E-state index in [1.54, 1.807) is 6.20 Å². The standard InChI is InChI=1S/C17H22N2O/c1-5-10-19(17(2,3)4)16-15-9-7-6-8-14(15)13(12-20)11-18-16/h5-9,11,20H,1,10,12H2,2-4H3. The van der Waals surface area contributed by atoms with E-state index >= 15 is 0 Å². The first-order valence-electron chi connectivity index (χ1n) is 6.85. The van der Waals surface area contributed by atoms with Crippen molar-refractivity contribution in [2.45, 2.75) is 32.9 Å². The van der Waals surface area contributed by atoms with E-state index in [4.69, 9.17) is 0 Å². The van der Waals surface area contributed by atoms with Gasteiger partial charge in [0, 0.05) is 29.2 Å². The maximum absolute atomic E-state index is 9.46. The van der Waals surface area contributed by atoms with E-state index in [2.05, 4.69) is 43.3 Å². The zero-order valence-corrected chi connectivity index (χ0v) is 12.4. The lowest BCUT2D eigenvalue weighted by molar-refractivity contribution is 0.283. The van der Waals surface area contributed by atoms with Crippen molar-refractivity contribution < 1.29 is 5.11 Å². The maximum Gasteiger partial charge on any atom is 0.137 e. The molecular weight excluding hydrogens is 248 g/mol. The van der Waals surface area contributed by atoms with Gasteiger partial charge in [-0.1, -0.05) is 30.3 Å². The number of rotatable bonds is 4. The predicted molar refractivity (Wildman–Crippen MR) is 85.0 cm³/mol. The minimum Gasteiger partial charge on any atom is -0.392 e. The molecule has 0 atom stereocenters. The van der Waals surface area contributed by atoms with Crippen LogP contribution in [0.4, 0.5) is 5.82 Å². The topological polar surface area (TPSA) is 36.4 Å². The van der Waals surface area contributed by atoms with E-state index in [1.807, 2.05) is 24.3 Å². The summed E-state index contributed by atoms with van der Waals surface area (Å²) in [4.78, 5) is 6.81. The molecule has 0 aliphatic carbocycles. The summed E-state index contributed by atoms with van der Waals surface area (Å²) < 4.78 is 0. The molecule has 3 heteroatoms. The first-order valence-corrected chi connectivity index (χ1v) is 6.85. The molecule has 0 saturated carbocycles. The number of pyridine rings is 1. The molecule has 0 aliphatic rings. The van der Waals surface area contributed by atoms with Gasteiger partial charge in [0.2, 0.25) is 0 Å². The Morgan fingerprint density at radius 2 is 1.90 bits per heavy atom. The Hall–Kier alpha value is -1.87. The van der Waals surface area contributed by atoms with Gasteiger partial charge < -0.3 is 10.0 Å². The number of fused-ring (bicyclic) bond motifs is 1. The van der Waals surface area contributed by atoms with Crippen LogP contribution in [0.3, 0.4) is 0 Å². The van der Waals surface area contributed by atoms with Gasteiger partial charge in [-0.15, -0.1) is 6.58 Å². The van der Waals surface area contributed by atoms with E-state index in [-0.39, 0.29) is 12.1 Å². The fourth-order valence-corrected chi connectivity index (χ4v) is 2.38. The van der Waals surface area contributed by atoms with Gasteiger partial charge in [-0.2, -0.15) is 0 Å². The van der Waals surface area contributed by atoms with Crippen molar-refractivity contribution in [3.8, 4) is 0 Å². The van der Waals surface area contributed by atoms with Crippen LogP contribution in [0.1, 0.15) is 26.3 Å². The van der Waals surface area contributed by atoms with Crippen LogP contribution in [-0.2, 0) is 6.61 Å². The molecule has 0 saturated heterocycles. The van der Waals surface area contributed by atoms with Crippen LogP contribution in [0, 0.1) is 0 Å². The van der Waals surface area contributed by atoms with Gasteiger partial charge in [-0.3, -0.25) is 0 Å². The zero-order valence-electron chi connectivity index (χ0n) is 12.4. The molecular formula is C17H22N2O. The highest BCUT2D eigenvalue weighted by atomic mass is 16.3. The van der Waals surface area contributed by atoms with E-state index in [0.717, 1.165) is 28.7 Å². The molecule has 106 valence electrons. The molecule has 0 aliphatic heterocycles. The van der Waals surface area contributed by atoms with Crippen LogP contribution in [-0.4, -0.2) is 22.2 Å². The minimum absolute atomic E-state index is 0.00473. The van der Waals surface area contributed by atoms with Crippen molar-refractivity contribution in [1.29, 1.82) is 0 Å². The SMILES string of the molecule is C=CCN(c1ncc(CO)c2ccccc12)C(C)(C)C. The molecule has 0 radical (unpaired) electrons. The van der Waals surface area contributed by atoms with Gasteiger partial charge in [0.1, 0.15) is 5.82 Å². The molecule has 1 N–H and O–H groups in total. The second kappa shape index (κ2) is 5.63. The summed E-state index contributed by atoms with van der Waals surface area (Å²) in [5, 5.41) is 11.6. The van der Waals surface area contributed by atoms with E-state index in [9.17, 15) is 5.11 Å². The van der Waals surface area contributed by atoms with E-state index in [1.165, 1.54) is 0 Å². The largest absolute Gasteiger partial charge is 0.392 e. The molecule has 3 nitrogen and oxygen atoms in total. The van der Waals surface area contributed by atoms with Gasteiger partial charge in [-0.25, -0.2) is 4.98 Å². The number of aromatic nitrogens is 1. The molecule has 1 aromatic heterocycles. The van der Waals surface area contributed by atoms with Gasteiger partial charge in [0.05, 0.1) is 6.61 Å². The Balaban J connectivity index is 2.67. The van der Waals surface area contributed by atoms with Gasteiger partial charge in [0.15, 0.2) is 0 Å². The quantitative estimate of drug-likeness (QED) is 0.864. The fraction of sp³-hybridized carbons (Fsp3) is 0.353. The predicted octanol–water partition coefficient (Wildman–Crippen LogP) is 3.52. The van der Waals surface area contributed by atoms with Gasteiger partial charge in [-0.05, 0) is 26.2 Å². The Morgan fingerprint density at radius 1 is 1.25 bits per heavy atom. The molecule has 20 heavy (non-hydrogen) atoms. The second-order valence-electron chi connectivity index (χ2n) is 5.88. The third-order valence-corrected chi connectivity index (χ3v) is 3.40. The number of nitrogens with zero attached hydrogens (tertiary/aromatic N) is 2.